The van der Waals surface area contributed by atoms with Gasteiger partial charge in [-0.25, -0.2) is 0 Å². The van der Waals surface area contributed by atoms with Crippen molar-refractivity contribution in [2.75, 3.05) is 5.75 Å². The van der Waals surface area contributed by atoms with Crippen molar-refractivity contribution in [2.45, 2.75) is 34.3 Å². The second-order valence-corrected chi connectivity index (χ2v) is 8.31. The molecule has 0 unspecified atom stereocenters. The summed E-state index contributed by atoms with van der Waals surface area (Å²) in [6.07, 6.45) is 0. The molecule has 7 heteroatoms. The van der Waals surface area contributed by atoms with Gasteiger partial charge < -0.3 is 5.32 Å². The molecule has 1 aromatic carbocycles. The van der Waals surface area contributed by atoms with E-state index in [2.05, 4.69) is 22.4 Å². The lowest BCUT2D eigenvalue weighted by atomic mass is 10.2. The number of rotatable bonds is 7. The van der Waals surface area contributed by atoms with E-state index in [4.69, 9.17) is 0 Å². The molecule has 0 saturated carbocycles. The second kappa shape index (κ2) is 8.41. The first kappa shape index (κ1) is 16.3. The van der Waals surface area contributed by atoms with Crippen LogP contribution < -0.4 is 5.32 Å². The highest BCUT2D eigenvalue weighted by molar-refractivity contribution is 8.03. The molecule has 1 N–H and O–H groups in total. The van der Waals surface area contributed by atoms with E-state index in [1.807, 2.05) is 37.3 Å². The first-order valence-electron chi connectivity index (χ1n) is 6.63. The summed E-state index contributed by atoms with van der Waals surface area (Å²) >= 11 is 4.66. The average Bonchev–Trinajstić information content (AvgIpc) is 2.93. The van der Waals surface area contributed by atoms with Crippen LogP contribution in [-0.4, -0.2) is 27.1 Å². The molecule has 2 aromatic rings. The summed E-state index contributed by atoms with van der Waals surface area (Å²) in [5, 5.41) is 11.0. The van der Waals surface area contributed by atoms with E-state index in [9.17, 15) is 4.79 Å². The third-order valence-corrected chi connectivity index (χ3v) is 5.74. The quantitative estimate of drug-likeness (QED) is 0.783. The molecule has 0 spiro atoms. The highest BCUT2D eigenvalue weighted by Crippen LogP contribution is 2.30. The number of carbonyl (C=O) groups excluding carboxylic acids is 1. The maximum absolute atomic E-state index is 12.1. The molecule has 1 aromatic heterocycles. The smallest absolute Gasteiger partial charge is 0.233 e. The van der Waals surface area contributed by atoms with Crippen LogP contribution in [0.5, 0.6) is 0 Å². The van der Waals surface area contributed by atoms with Gasteiger partial charge in [-0.15, -0.1) is 10.2 Å². The number of hydrogen-bond acceptors (Lipinski definition) is 6. The van der Waals surface area contributed by atoms with Gasteiger partial charge in [0.25, 0.3) is 0 Å². The first-order chi connectivity index (χ1) is 10.2. The van der Waals surface area contributed by atoms with Crippen molar-refractivity contribution in [3.63, 3.8) is 0 Å². The van der Waals surface area contributed by atoms with Crippen molar-refractivity contribution in [1.29, 1.82) is 0 Å². The molecule has 0 aliphatic rings. The maximum Gasteiger partial charge on any atom is 0.233 e. The summed E-state index contributed by atoms with van der Waals surface area (Å²) in [7, 11) is 0. The number of nitrogens with one attached hydrogen (secondary N) is 1. The van der Waals surface area contributed by atoms with Gasteiger partial charge in [0.1, 0.15) is 0 Å². The molecule has 4 nitrogen and oxygen atoms in total. The molecule has 0 fully saturated rings. The van der Waals surface area contributed by atoms with E-state index < -0.39 is 0 Å². The zero-order chi connectivity index (χ0) is 15.1. The van der Waals surface area contributed by atoms with Crippen LogP contribution in [0.4, 0.5) is 0 Å². The van der Waals surface area contributed by atoms with Crippen LogP contribution in [-0.2, 0) is 11.3 Å². The molecule has 0 aliphatic carbocycles. The Kier molecular flexibility index (Phi) is 6.53. The molecule has 0 bridgehead atoms. The number of nitrogens with zero attached hydrogens (tertiary/aromatic N) is 2. The number of benzene rings is 1. The third-order valence-electron chi connectivity index (χ3n) is 2.61. The van der Waals surface area contributed by atoms with E-state index >= 15 is 0 Å². The monoisotopic (exact) mass is 339 g/mol. The van der Waals surface area contributed by atoms with E-state index in [-0.39, 0.29) is 11.2 Å². The number of carbonyl (C=O) groups is 1. The molecule has 2 rings (SSSR count). The summed E-state index contributed by atoms with van der Waals surface area (Å²) < 4.78 is 1.80. The highest BCUT2D eigenvalue weighted by Gasteiger charge is 2.16. The molecular weight excluding hydrogens is 322 g/mol. The summed E-state index contributed by atoms with van der Waals surface area (Å²) in [6, 6.07) is 9.89. The highest BCUT2D eigenvalue weighted by atomic mass is 32.2. The zero-order valence-electron chi connectivity index (χ0n) is 11.9. The summed E-state index contributed by atoms with van der Waals surface area (Å²) in [6.45, 7) is 4.52. The number of aromatic nitrogens is 2. The van der Waals surface area contributed by atoms with Gasteiger partial charge >= 0.3 is 0 Å². The van der Waals surface area contributed by atoms with Crippen molar-refractivity contribution in [2.24, 2.45) is 0 Å². The van der Waals surface area contributed by atoms with E-state index in [1.54, 1.807) is 23.1 Å². The lowest BCUT2D eigenvalue weighted by molar-refractivity contribution is -0.120. The van der Waals surface area contributed by atoms with Gasteiger partial charge in [0.2, 0.25) is 5.91 Å². The van der Waals surface area contributed by atoms with Crippen LogP contribution >= 0.6 is 34.9 Å². The fourth-order valence-corrected chi connectivity index (χ4v) is 4.65. The fourth-order valence-electron chi connectivity index (χ4n) is 1.56. The predicted octanol–water partition coefficient (Wildman–Crippen LogP) is 3.45. The Balaban J connectivity index is 1.81. The topological polar surface area (TPSA) is 54.9 Å². The minimum atomic E-state index is -0.180. The SMILES string of the molecule is CCSc1nnc(S[C@H](C)C(=O)NCc2ccccc2)s1. The van der Waals surface area contributed by atoms with Crippen LogP contribution in [0.1, 0.15) is 19.4 Å². The predicted molar refractivity (Wildman–Crippen MR) is 89.9 cm³/mol. The lowest BCUT2D eigenvalue weighted by Crippen LogP contribution is -2.30. The number of hydrogen-bond donors (Lipinski definition) is 1. The Labute approximate surface area is 137 Å². The van der Waals surface area contributed by atoms with Gasteiger partial charge in [-0.05, 0) is 18.2 Å². The van der Waals surface area contributed by atoms with Crippen molar-refractivity contribution in [3.8, 4) is 0 Å². The van der Waals surface area contributed by atoms with Gasteiger partial charge in [0.15, 0.2) is 8.68 Å². The Hall–Kier alpha value is -1.05. The minimum Gasteiger partial charge on any atom is -0.351 e. The molecule has 0 radical (unpaired) electrons. The van der Waals surface area contributed by atoms with Crippen molar-refractivity contribution >= 4 is 40.8 Å². The Morgan fingerprint density at radius 1 is 1.29 bits per heavy atom. The third kappa shape index (κ3) is 5.33. The van der Waals surface area contributed by atoms with Gasteiger partial charge in [0, 0.05) is 6.54 Å². The fraction of sp³-hybridized carbons (Fsp3) is 0.357. The molecule has 0 aliphatic heterocycles. The Bertz CT molecular complexity index is 574. The number of thioether (sulfide) groups is 2. The van der Waals surface area contributed by atoms with Crippen LogP contribution in [0, 0.1) is 0 Å². The second-order valence-electron chi connectivity index (χ2n) is 4.23. The van der Waals surface area contributed by atoms with Crippen molar-refractivity contribution in [1.82, 2.24) is 15.5 Å². The molecular formula is C14H17N3OS3. The largest absolute Gasteiger partial charge is 0.351 e. The van der Waals surface area contributed by atoms with Crippen LogP contribution in [0.3, 0.4) is 0 Å². The lowest BCUT2D eigenvalue weighted by Gasteiger charge is -2.10. The molecule has 21 heavy (non-hydrogen) atoms. The summed E-state index contributed by atoms with van der Waals surface area (Å²) in [5.41, 5.74) is 1.10. The van der Waals surface area contributed by atoms with Gasteiger partial charge in [-0.3, -0.25) is 4.79 Å². The zero-order valence-corrected chi connectivity index (χ0v) is 14.4. The molecule has 1 atom stereocenters. The average molecular weight is 340 g/mol. The number of amides is 1. The van der Waals surface area contributed by atoms with E-state index in [1.165, 1.54) is 11.8 Å². The van der Waals surface area contributed by atoms with Crippen LogP contribution in [0.15, 0.2) is 39.0 Å². The molecule has 0 saturated heterocycles. The Morgan fingerprint density at radius 2 is 2.00 bits per heavy atom. The van der Waals surface area contributed by atoms with Crippen LogP contribution in [0.2, 0.25) is 0 Å². The summed E-state index contributed by atoms with van der Waals surface area (Å²) in [4.78, 5) is 12.1. The molecule has 1 amide bonds. The first-order valence-corrected chi connectivity index (χ1v) is 9.31. The Morgan fingerprint density at radius 3 is 2.71 bits per heavy atom. The minimum absolute atomic E-state index is 0.0174. The maximum atomic E-state index is 12.1. The van der Waals surface area contributed by atoms with Gasteiger partial charge in [-0.1, -0.05) is 72.1 Å². The van der Waals surface area contributed by atoms with Crippen molar-refractivity contribution < 1.29 is 4.79 Å². The van der Waals surface area contributed by atoms with Gasteiger partial charge in [0.05, 0.1) is 5.25 Å². The summed E-state index contributed by atoms with van der Waals surface area (Å²) in [5.74, 6) is 0.996. The molecule has 1 heterocycles. The normalized spacial score (nSPS) is 12.1. The van der Waals surface area contributed by atoms with Gasteiger partial charge in [-0.2, -0.15) is 0 Å². The van der Waals surface area contributed by atoms with E-state index in [0.717, 1.165) is 20.0 Å². The standard InChI is InChI=1S/C14H17N3OS3/c1-3-19-13-16-17-14(21-13)20-10(2)12(18)15-9-11-7-5-4-6-8-11/h4-8,10H,3,9H2,1-2H3,(H,15,18)/t10-/m1/s1. The van der Waals surface area contributed by atoms with Crippen molar-refractivity contribution in [3.05, 3.63) is 35.9 Å². The van der Waals surface area contributed by atoms with E-state index in [0.29, 0.717) is 6.54 Å². The van der Waals surface area contributed by atoms with Crippen LogP contribution in [0.25, 0.3) is 0 Å². The molecule has 112 valence electrons.